The molecule has 0 aliphatic heterocycles. The monoisotopic (exact) mass is 282 g/mol. The van der Waals surface area contributed by atoms with Crippen LogP contribution in [0, 0.1) is 6.92 Å². The van der Waals surface area contributed by atoms with E-state index < -0.39 is 0 Å². The molecule has 0 radical (unpaired) electrons. The summed E-state index contributed by atoms with van der Waals surface area (Å²) >= 11 is 6.06. The molecule has 0 aliphatic rings. The van der Waals surface area contributed by atoms with Crippen LogP contribution in [-0.2, 0) is 0 Å². The lowest BCUT2D eigenvalue weighted by atomic mass is 10.2. The van der Waals surface area contributed by atoms with E-state index in [-0.39, 0.29) is 0 Å². The van der Waals surface area contributed by atoms with Crippen molar-refractivity contribution < 1.29 is 0 Å². The predicted octanol–water partition coefficient (Wildman–Crippen LogP) is 4.07. The average molecular weight is 283 g/mol. The maximum Gasteiger partial charge on any atom is 0.159 e. The van der Waals surface area contributed by atoms with E-state index in [0.717, 1.165) is 33.5 Å². The third-order valence-corrected chi connectivity index (χ3v) is 3.62. The fraction of sp³-hybridized carbons (Fsp3) is 0.0667. The number of aromatic amines is 2. The first kappa shape index (κ1) is 11.5. The Balaban J connectivity index is 1.98. The smallest absolute Gasteiger partial charge is 0.159 e. The number of benzene rings is 2. The van der Waals surface area contributed by atoms with Crippen molar-refractivity contribution in [2.45, 2.75) is 6.92 Å². The molecule has 2 aromatic heterocycles. The molecule has 0 unspecified atom stereocenters. The van der Waals surface area contributed by atoms with Gasteiger partial charge in [0.05, 0.1) is 16.6 Å². The molecule has 0 saturated carbocycles. The van der Waals surface area contributed by atoms with Crippen molar-refractivity contribution in [1.29, 1.82) is 0 Å². The van der Waals surface area contributed by atoms with Crippen LogP contribution in [0.2, 0.25) is 5.02 Å². The standard InChI is InChI=1S/C15H11ClN4/c1-8-2-4-12-13(6-8)18-15(17-12)14-10-7-9(16)3-5-11(10)19-20-14/h2-7H,1H3,(H,17,18)(H,19,20). The minimum atomic E-state index is 0.687. The summed E-state index contributed by atoms with van der Waals surface area (Å²) in [6.45, 7) is 2.06. The van der Waals surface area contributed by atoms with Crippen LogP contribution in [0.1, 0.15) is 5.56 Å². The Morgan fingerprint density at radius 2 is 1.95 bits per heavy atom. The van der Waals surface area contributed by atoms with Gasteiger partial charge in [0.15, 0.2) is 5.82 Å². The lowest BCUT2D eigenvalue weighted by Crippen LogP contribution is -1.81. The number of hydrogen-bond donors (Lipinski definition) is 2. The lowest BCUT2D eigenvalue weighted by Gasteiger charge is -1.93. The van der Waals surface area contributed by atoms with Crippen molar-refractivity contribution >= 4 is 33.5 Å². The number of hydrogen-bond acceptors (Lipinski definition) is 2. The van der Waals surface area contributed by atoms with Crippen LogP contribution < -0.4 is 0 Å². The molecule has 4 aromatic rings. The number of halogens is 1. The van der Waals surface area contributed by atoms with E-state index in [9.17, 15) is 0 Å². The molecule has 98 valence electrons. The normalized spacial score (nSPS) is 11.5. The van der Waals surface area contributed by atoms with Gasteiger partial charge in [-0.25, -0.2) is 4.98 Å². The van der Waals surface area contributed by atoms with Crippen molar-refractivity contribution in [2.75, 3.05) is 0 Å². The van der Waals surface area contributed by atoms with E-state index in [1.54, 1.807) is 0 Å². The molecule has 0 bridgehead atoms. The van der Waals surface area contributed by atoms with E-state index in [0.29, 0.717) is 5.02 Å². The number of nitrogens with zero attached hydrogens (tertiary/aromatic N) is 2. The molecule has 0 atom stereocenters. The second kappa shape index (κ2) is 4.08. The summed E-state index contributed by atoms with van der Waals surface area (Å²) < 4.78 is 0. The van der Waals surface area contributed by atoms with Crippen LogP contribution in [0.15, 0.2) is 36.4 Å². The number of fused-ring (bicyclic) bond motifs is 2. The second-order valence-corrected chi connectivity index (χ2v) is 5.30. The quantitative estimate of drug-likeness (QED) is 0.553. The molecule has 0 amide bonds. The summed E-state index contributed by atoms with van der Waals surface area (Å²) in [6, 6.07) is 11.8. The largest absolute Gasteiger partial charge is 0.337 e. The SMILES string of the molecule is Cc1ccc2nc(-c3n[nH]c4ccc(Cl)cc34)[nH]c2c1. The van der Waals surface area contributed by atoms with Crippen molar-refractivity contribution in [3.8, 4) is 11.5 Å². The number of aryl methyl sites for hydroxylation is 1. The van der Waals surface area contributed by atoms with Crippen LogP contribution in [-0.4, -0.2) is 20.2 Å². The summed E-state index contributed by atoms with van der Waals surface area (Å²) in [5.41, 5.74) is 4.88. The number of H-pyrrole nitrogens is 2. The van der Waals surface area contributed by atoms with Crippen molar-refractivity contribution in [2.24, 2.45) is 0 Å². The molecule has 0 saturated heterocycles. The maximum atomic E-state index is 6.06. The van der Waals surface area contributed by atoms with E-state index in [1.807, 2.05) is 30.3 Å². The molecule has 20 heavy (non-hydrogen) atoms. The fourth-order valence-corrected chi connectivity index (χ4v) is 2.57. The minimum absolute atomic E-state index is 0.687. The highest BCUT2D eigenvalue weighted by atomic mass is 35.5. The fourth-order valence-electron chi connectivity index (χ4n) is 2.40. The highest BCUT2D eigenvalue weighted by Crippen LogP contribution is 2.28. The first-order chi connectivity index (χ1) is 9.70. The van der Waals surface area contributed by atoms with Crippen molar-refractivity contribution in [3.05, 3.63) is 47.0 Å². The van der Waals surface area contributed by atoms with Crippen molar-refractivity contribution in [3.63, 3.8) is 0 Å². The number of aromatic nitrogens is 4. The van der Waals surface area contributed by atoms with Crippen LogP contribution in [0.3, 0.4) is 0 Å². The Kier molecular flexibility index (Phi) is 2.35. The third kappa shape index (κ3) is 1.69. The lowest BCUT2D eigenvalue weighted by molar-refractivity contribution is 1.11. The van der Waals surface area contributed by atoms with Gasteiger partial charge >= 0.3 is 0 Å². The van der Waals surface area contributed by atoms with Gasteiger partial charge in [-0.05, 0) is 42.8 Å². The van der Waals surface area contributed by atoms with Crippen LogP contribution in [0.5, 0.6) is 0 Å². The van der Waals surface area contributed by atoms with Gasteiger partial charge in [-0.3, -0.25) is 5.10 Å². The second-order valence-electron chi connectivity index (χ2n) is 4.87. The molecule has 0 spiro atoms. The van der Waals surface area contributed by atoms with Gasteiger partial charge in [0.25, 0.3) is 0 Å². The van der Waals surface area contributed by atoms with E-state index in [4.69, 9.17) is 11.6 Å². The molecule has 5 heteroatoms. The van der Waals surface area contributed by atoms with Gasteiger partial charge in [-0.2, -0.15) is 5.10 Å². The molecule has 2 heterocycles. The Morgan fingerprint density at radius 3 is 2.85 bits per heavy atom. The maximum absolute atomic E-state index is 6.06. The van der Waals surface area contributed by atoms with Crippen molar-refractivity contribution in [1.82, 2.24) is 20.2 Å². The predicted molar refractivity (Wildman–Crippen MR) is 80.9 cm³/mol. The number of nitrogens with one attached hydrogen (secondary N) is 2. The molecule has 4 nitrogen and oxygen atoms in total. The summed E-state index contributed by atoms with van der Waals surface area (Å²) in [7, 11) is 0. The van der Waals surface area contributed by atoms with Gasteiger partial charge in [-0.1, -0.05) is 17.7 Å². The molecular formula is C15H11ClN4. The Bertz CT molecular complexity index is 936. The molecular weight excluding hydrogens is 272 g/mol. The van der Waals surface area contributed by atoms with Gasteiger partial charge in [0.1, 0.15) is 5.69 Å². The van der Waals surface area contributed by atoms with Crippen LogP contribution in [0.25, 0.3) is 33.5 Å². The first-order valence-corrected chi connectivity index (χ1v) is 6.69. The van der Waals surface area contributed by atoms with Gasteiger partial charge in [0, 0.05) is 10.4 Å². The molecule has 2 N–H and O–H groups in total. The number of imidazole rings is 1. The van der Waals surface area contributed by atoms with Gasteiger partial charge in [0.2, 0.25) is 0 Å². The summed E-state index contributed by atoms with van der Waals surface area (Å²) in [5.74, 6) is 0.749. The average Bonchev–Trinajstić information content (AvgIpc) is 3.00. The topological polar surface area (TPSA) is 57.4 Å². The zero-order valence-corrected chi connectivity index (χ0v) is 11.5. The Morgan fingerprint density at radius 1 is 1.05 bits per heavy atom. The molecule has 0 aliphatic carbocycles. The van der Waals surface area contributed by atoms with Crippen LogP contribution in [0.4, 0.5) is 0 Å². The summed E-state index contributed by atoms with van der Waals surface area (Å²) in [6.07, 6.45) is 0. The molecule has 2 aromatic carbocycles. The third-order valence-electron chi connectivity index (χ3n) is 3.39. The van der Waals surface area contributed by atoms with E-state index in [1.165, 1.54) is 5.56 Å². The highest BCUT2D eigenvalue weighted by molar-refractivity contribution is 6.31. The minimum Gasteiger partial charge on any atom is -0.337 e. The molecule has 0 fully saturated rings. The van der Waals surface area contributed by atoms with Crippen LogP contribution >= 0.6 is 11.6 Å². The summed E-state index contributed by atoms with van der Waals surface area (Å²) in [4.78, 5) is 7.91. The first-order valence-electron chi connectivity index (χ1n) is 6.31. The summed E-state index contributed by atoms with van der Waals surface area (Å²) in [5, 5.41) is 9.00. The van der Waals surface area contributed by atoms with E-state index >= 15 is 0 Å². The van der Waals surface area contributed by atoms with Gasteiger partial charge in [-0.15, -0.1) is 0 Å². The zero-order chi connectivity index (χ0) is 13.7. The zero-order valence-electron chi connectivity index (χ0n) is 10.7. The molecule has 4 rings (SSSR count). The Hall–Kier alpha value is -2.33. The Labute approximate surface area is 119 Å². The van der Waals surface area contributed by atoms with Gasteiger partial charge < -0.3 is 4.98 Å². The number of rotatable bonds is 1. The van der Waals surface area contributed by atoms with E-state index in [2.05, 4.69) is 33.2 Å². The highest BCUT2D eigenvalue weighted by Gasteiger charge is 2.12.